The minimum Gasteiger partial charge on any atom is -0.455 e. The van der Waals surface area contributed by atoms with Gasteiger partial charge in [0.05, 0.1) is 18.1 Å². The maximum absolute atomic E-state index is 13.2. The lowest BCUT2D eigenvalue weighted by atomic mass is 9.57. The molecule has 136 valence electrons. The van der Waals surface area contributed by atoms with Gasteiger partial charge in [-0.05, 0) is 25.2 Å². The lowest BCUT2D eigenvalue weighted by molar-refractivity contribution is -0.313. The number of carbonyl (C=O) groups excluding carboxylic acids is 3. The topological polar surface area (TPSA) is 89.9 Å². The van der Waals surface area contributed by atoms with Crippen molar-refractivity contribution < 1.29 is 29.0 Å². The summed E-state index contributed by atoms with van der Waals surface area (Å²) in [6.45, 7) is 5.61. The molecule has 3 heterocycles. The molecule has 3 saturated carbocycles. The summed E-state index contributed by atoms with van der Waals surface area (Å²) in [4.78, 5) is 39.2. The summed E-state index contributed by atoms with van der Waals surface area (Å²) in [5.74, 6) is -3.19. The summed E-state index contributed by atoms with van der Waals surface area (Å²) in [7, 11) is 0. The Kier molecular flexibility index (Phi) is 2.88. The monoisotopic (exact) mass is 348 g/mol. The van der Waals surface area contributed by atoms with Crippen LogP contribution in [0.4, 0.5) is 0 Å². The predicted molar refractivity (Wildman–Crippen MR) is 84.3 cm³/mol. The van der Waals surface area contributed by atoms with Crippen LogP contribution in [0.5, 0.6) is 0 Å². The number of hydrogen-bond acceptors (Lipinski definition) is 6. The highest BCUT2D eigenvalue weighted by molar-refractivity contribution is 6.06. The lowest BCUT2D eigenvalue weighted by Gasteiger charge is -2.59. The molecule has 6 rings (SSSR count). The van der Waals surface area contributed by atoms with Crippen LogP contribution in [-0.2, 0) is 23.9 Å². The third-order valence-corrected chi connectivity index (χ3v) is 7.79. The zero-order valence-electron chi connectivity index (χ0n) is 14.7. The largest absolute Gasteiger partial charge is 0.455 e. The number of ketones is 2. The highest BCUT2D eigenvalue weighted by Crippen LogP contribution is 2.70. The van der Waals surface area contributed by atoms with Crippen molar-refractivity contribution >= 4 is 17.5 Å². The van der Waals surface area contributed by atoms with Gasteiger partial charge in [-0.1, -0.05) is 20.8 Å². The molecule has 6 nitrogen and oxygen atoms in total. The molecule has 0 aromatic heterocycles. The van der Waals surface area contributed by atoms with E-state index in [9.17, 15) is 19.5 Å². The minimum atomic E-state index is -1.21. The Morgan fingerprint density at radius 2 is 1.72 bits per heavy atom. The molecule has 6 heteroatoms. The van der Waals surface area contributed by atoms with Crippen molar-refractivity contribution in [2.75, 3.05) is 0 Å². The summed E-state index contributed by atoms with van der Waals surface area (Å²) in [5, 5.41) is 10.8. The highest BCUT2D eigenvalue weighted by Gasteiger charge is 2.86. The van der Waals surface area contributed by atoms with Crippen molar-refractivity contribution in [1.82, 2.24) is 0 Å². The molecular weight excluding hydrogens is 324 g/mol. The van der Waals surface area contributed by atoms with E-state index in [0.29, 0.717) is 19.3 Å². The molecule has 10 unspecified atom stereocenters. The number of aliphatic hydroxyl groups excluding tert-OH is 1. The second-order valence-electron chi connectivity index (χ2n) is 9.03. The molecule has 0 amide bonds. The number of esters is 1. The van der Waals surface area contributed by atoms with Crippen LogP contribution in [-0.4, -0.2) is 46.1 Å². The average molecular weight is 348 g/mol. The molecule has 0 aromatic carbocycles. The first kappa shape index (κ1) is 15.9. The Morgan fingerprint density at radius 1 is 1.04 bits per heavy atom. The quantitative estimate of drug-likeness (QED) is 0.516. The van der Waals surface area contributed by atoms with Crippen molar-refractivity contribution in [3.05, 3.63) is 0 Å². The van der Waals surface area contributed by atoms with Gasteiger partial charge < -0.3 is 14.6 Å². The van der Waals surface area contributed by atoms with E-state index in [1.54, 1.807) is 6.92 Å². The summed E-state index contributed by atoms with van der Waals surface area (Å²) in [6, 6.07) is 0. The molecule has 0 aromatic rings. The zero-order valence-corrected chi connectivity index (χ0v) is 14.7. The minimum absolute atomic E-state index is 0.0210. The van der Waals surface area contributed by atoms with E-state index in [1.165, 1.54) is 0 Å². The summed E-state index contributed by atoms with van der Waals surface area (Å²) < 4.78 is 12.3. The molecule has 0 radical (unpaired) electrons. The molecule has 6 aliphatic rings. The van der Waals surface area contributed by atoms with Gasteiger partial charge in [0.2, 0.25) is 0 Å². The van der Waals surface area contributed by atoms with Gasteiger partial charge >= 0.3 is 5.97 Å². The first-order valence-corrected chi connectivity index (χ1v) is 9.40. The number of carbonyl (C=O) groups is 3. The number of Topliss-reactive ketones (excluding diaryl/α,β-unsaturated/α-hetero) is 2. The molecule has 3 aliphatic heterocycles. The first-order valence-electron chi connectivity index (χ1n) is 9.40. The van der Waals surface area contributed by atoms with Crippen molar-refractivity contribution in [3.8, 4) is 0 Å². The standard InChI is InChI=1S/C19H24O6/c1-7-4-8(2)14(21)12-17(23)25-18-6-9(3)16-15(22)10(18)5-11(13(7)20)19(12,18)24-16/h7-12,15-16,22H,4-6H2,1-3H3. The average Bonchev–Trinajstić information content (AvgIpc) is 2.90. The lowest BCUT2D eigenvalue weighted by Crippen LogP contribution is -2.73. The Bertz CT molecular complexity index is 702. The predicted octanol–water partition coefficient (Wildman–Crippen LogP) is 0.887. The van der Waals surface area contributed by atoms with Crippen LogP contribution >= 0.6 is 0 Å². The Balaban J connectivity index is 1.77. The molecule has 25 heavy (non-hydrogen) atoms. The molecular formula is C19H24O6. The van der Waals surface area contributed by atoms with Crippen molar-refractivity contribution in [2.45, 2.75) is 63.4 Å². The van der Waals surface area contributed by atoms with E-state index < -0.39 is 41.2 Å². The molecule has 3 saturated heterocycles. The molecule has 10 atom stereocenters. The Labute approximate surface area is 146 Å². The van der Waals surface area contributed by atoms with E-state index in [1.807, 2.05) is 13.8 Å². The van der Waals surface area contributed by atoms with E-state index in [2.05, 4.69) is 0 Å². The van der Waals surface area contributed by atoms with E-state index in [-0.39, 0.29) is 35.2 Å². The zero-order chi connectivity index (χ0) is 17.9. The maximum atomic E-state index is 13.2. The Morgan fingerprint density at radius 3 is 2.44 bits per heavy atom. The van der Waals surface area contributed by atoms with Crippen LogP contribution in [0.15, 0.2) is 0 Å². The number of rotatable bonds is 0. The third kappa shape index (κ3) is 1.50. The summed E-state index contributed by atoms with van der Waals surface area (Å²) in [6.07, 6.45) is 0.249. The van der Waals surface area contributed by atoms with Crippen LogP contribution in [0.25, 0.3) is 0 Å². The van der Waals surface area contributed by atoms with Gasteiger partial charge in [-0.2, -0.15) is 0 Å². The molecule has 4 bridgehead atoms. The molecule has 3 aliphatic carbocycles. The van der Waals surface area contributed by atoms with Crippen LogP contribution < -0.4 is 0 Å². The van der Waals surface area contributed by atoms with Gasteiger partial charge in [0.1, 0.15) is 22.9 Å². The van der Waals surface area contributed by atoms with Crippen molar-refractivity contribution in [2.24, 2.45) is 35.5 Å². The second-order valence-corrected chi connectivity index (χ2v) is 9.03. The number of ether oxygens (including phenoxy) is 2. The van der Waals surface area contributed by atoms with Crippen LogP contribution in [0, 0.1) is 35.5 Å². The van der Waals surface area contributed by atoms with Crippen LogP contribution in [0.2, 0.25) is 0 Å². The van der Waals surface area contributed by atoms with Gasteiger partial charge in [-0.15, -0.1) is 0 Å². The Hall–Kier alpha value is -1.27. The second kappa shape index (κ2) is 4.52. The van der Waals surface area contributed by atoms with Gasteiger partial charge in [-0.25, -0.2) is 0 Å². The third-order valence-electron chi connectivity index (χ3n) is 7.79. The van der Waals surface area contributed by atoms with Crippen molar-refractivity contribution in [3.63, 3.8) is 0 Å². The highest BCUT2D eigenvalue weighted by atomic mass is 16.6. The number of fused-ring (bicyclic) bond motifs is 1. The smallest absolute Gasteiger partial charge is 0.320 e. The van der Waals surface area contributed by atoms with Crippen molar-refractivity contribution in [1.29, 1.82) is 0 Å². The van der Waals surface area contributed by atoms with E-state index in [0.717, 1.165) is 0 Å². The van der Waals surface area contributed by atoms with Gasteiger partial charge in [0.25, 0.3) is 0 Å². The number of aliphatic hydroxyl groups is 1. The van der Waals surface area contributed by atoms with Gasteiger partial charge in [0.15, 0.2) is 5.78 Å². The summed E-state index contributed by atoms with van der Waals surface area (Å²) >= 11 is 0. The first-order chi connectivity index (χ1) is 11.7. The maximum Gasteiger partial charge on any atom is 0.320 e. The number of hydrogen-bond donors (Lipinski definition) is 1. The fourth-order valence-electron chi connectivity index (χ4n) is 6.85. The molecule has 6 fully saturated rings. The van der Waals surface area contributed by atoms with Gasteiger partial charge in [-0.3, -0.25) is 14.4 Å². The SMILES string of the molecule is CC1CC(C)C(=O)C2C(=O)OC34CC(C)C5OC23C(CC4C5O)C1=O. The van der Waals surface area contributed by atoms with Gasteiger partial charge in [0, 0.05) is 17.8 Å². The van der Waals surface area contributed by atoms with Crippen LogP contribution in [0.3, 0.4) is 0 Å². The summed E-state index contributed by atoms with van der Waals surface area (Å²) in [5.41, 5.74) is -2.24. The van der Waals surface area contributed by atoms with Crippen LogP contribution in [0.1, 0.15) is 40.0 Å². The normalized spacial score (nSPS) is 59.4. The fraction of sp³-hybridized carbons (Fsp3) is 0.842. The molecule has 1 N–H and O–H groups in total. The molecule has 2 spiro atoms. The van der Waals surface area contributed by atoms with E-state index >= 15 is 0 Å². The van der Waals surface area contributed by atoms with E-state index in [4.69, 9.17) is 9.47 Å². The fourth-order valence-corrected chi connectivity index (χ4v) is 6.85.